The summed E-state index contributed by atoms with van der Waals surface area (Å²) >= 11 is 1.68. The fourth-order valence-electron chi connectivity index (χ4n) is 2.43. The number of thioether (sulfide) groups is 1. The average molecular weight is 283 g/mol. The van der Waals surface area contributed by atoms with Gasteiger partial charge in [-0.05, 0) is 43.7 Å². The molecule has 0 amide bonds. The SMILES string of the molecule is O=C(O)CC1CCCN1CCSc1ccc(F)cc1. The molecule has 0 saturated carbocycles. The van der Waals surface area contributed by atoms with Gasteiger partial charge in [-0.1, -0.05) is 0 Å². The van der Waals surface area contributed by atoms with Crippen molar-refractivity contribution in [3.8, 4) is 0 Å². The van der Waals surface area contributed by atoms with E-state index < -0.39 is 5.97 Å². The highest BCUT2D eigenvalue weighted by atomic mass is 32.2. The number of hydrogen-bond acceptors (Lipinski definition) is 3. The summed E-state index contributed by atoms with van der Waals surface area (Å²) in [6.45, 7) is 1.88. The molecule has 1 saturated heterocycles. The van der Waals surface area contributed by atoms with Crippen molar-refractivity contribution in [1.82, 2.24) is 4.90 Å². The van der Waals surface area contributed by atoms with Crippen LogP contribution in [0.2, 0.25) is 0 Å². The minimum atomic E-state index is -0.719. The summed E-state index contributed by atoms with van der Waals surface area (Å²) in [5, 5.41) is 8.85. The molecule has 1 aromatic rings. The van der Waals surface area contributed by atoms with Gasteiger partial charge in [0, 0.05) is 23.2 Å². The van der Waals surface area contributed by atoms with E-state index in [9.17, 15) is 9.18 Å². The maximum atomic E-state index is 12.8. The number of rotatable bonds is 6. The van der Waals surface area contributed by atoms with Gasteiger partial charge < -0.3 is 5.11 Å². The predicted octanol–water partition coefficient (Wildman–Crippen LogP) is 2.86. The summed E-state index contributed by atoms with van der Waals surface area (Å²) in [6, 6.07) is 6.67. The van der Waals surface area contributed by atoms with E-state index in [0.717, 1.165) is 36.6 Å². The Bertz CT molecular complexity index is 424. The van der Waals surface area contributed by atoms with Crippen molar-refractivity contribution in [1.29, 1.82) is 0 Å². The van der Waals surface area contributed by atoms with Crippen LogP contribution >= 0.6 is 11.8 Å². The van der Waals surface area contributed by atoms with Crippen molar-refractivity contribution in [2.24, 2.45) is 0 Å². The number of carbonyl (C=O) groups is 1. The van der Waals surface area contributed by atoms with Crippen molar-refractivity contribution in [3.63, 3.8) is 0 Å². The molecular weight excluding hydrogens is 265 g/mol. The van der Waals surface area contributed by atoms with Gasteiger partial charge in [0.2, 0.25) is 0 Å². The summed E-state index contributed by atoms with van der Waals surface area (Å²) in [4.78, 5) is 14.1. The van der Waals surface area contributed by atoms with Crippen LogP contribution in [0.1, 0.15) is 19.3 Å². The van der Waals surface area contributed by atoms with Crippen LogP contribution in [0.5, 0.6) is 0 Å². The third kappa shape index (κ3) is 4.51. The molecule has 1 N–H and O–H groups in total. The van der Waals surface area contributed by atoms with Gasteiger partial charge in [0.05, 0.1) is 6.42 Å². The lowest BCUT2D eigenvalue weighted by atomic mass is 10.1. The van der Waals surface area contributed by atoms with Crippen LogP contribution in [0, 0.1) is 5.82 Å². The first kappa shape index (κ1) is 14.3. The second-order valence-electron chi connectivity index (χ2n) is 4.73. The molecule has 0 bridgehead atoms. The average Bonchev–Trinajstić information content (AvgIpc) is 2.78. The van der Waals surface area contributed by atoms with Crippen LogP contribution in [-0.2, 0) is 4.79 Å². The quantitative estimate of drug-likeness (QED) is 0.815. The largest absolute Gasteiger partial charge is 0.481 e. The highest BCUT2D eigenvalue weighted by molar-refractivity contribution is 7.99. The second-order valence-corrected chi connectivity index (χ2v) is 5.90. The second kappa shape index (κ2) is 6.91. The third-order valence-electron chi connectivity index (χ3n) is 3.37. The molecule has 0 radical (unpaired) electrons. The number of likely N-dealkylation sites (tertiary alicyclic amines) is 1. The Hall–Kier alpha value is -1.07. The van der Waals surface area contributed by atoms with Crippen molar-refractivity contribution >= 4 is 17.7 Å². The molecule has 104 valence electrons. The van der Waals surface area contributed by atoms with Gasteiger partial charge in [0.25, 0.3) is 0 Å². The Morgan fingerprint density at radius 1 is 1.42 bits per heavy atom. The molecule has 19 heavy (non-hydrogen) atoms. The van der Waals surface area contributed by atoms with E-state index in [1.54, 1.807) is 23.9 Å². The molecule has 1 aliphatic heterocycles. The Kier molecular flexibility index (Phi) is 5.22. The molecule has 0 aromatic heterocycles. The van der Waals surface area contributed by atoms with Gasteiger partial charge in [-0.2, -0.15) is 0 Å². The zero-order valence-corrected chi connectivity index (χ0v) is 11.5. The highest BCUT2D eigenvalue weighted by Gasteiger charge is 2.25. The minimum Gasteiger partial charge on any atom is -0.481 e. The van der Waals surface area contributed by atoms with Crippen LogP contribution in [-0.4, -0.2) is 40.9 Å². The van der Waals surface area contributed by atoms with Crippen molar-refractivity contribution in [2.45, 2.75) is 30.2 Å². The minimum absolute atomic E-state index is 0.186. The molecule has 5 heteroatoms. The lowest BCUT2D eigenvalue weighted by molar-refractivity contribution is -0.138. The fourth-order valence-corrected chi connectivity index (χ4v) is 3.32. The molecule has 3 nitrogen and oxygen atoms in total. The van der Waals surface area contributed by atoms with Gasteiger partial charge in [0.1, 0.15) is 5.82 Å². The summed E-state index contributed by atoms with van der Waals surface area (Å²) in [6.07, 6.45) is 2.30. The van der Waals surface area contributed by atoms with Crippen LogP contribution in [0.3, 0.4) is 0 Å². The van der Waals surface area contributed by atoms with Gasteiger partial charge >= 0.3 is 5.97 Å². The first-order valence-corrected chi connectivity index (χ1v) is 7.48. The van der Waals surface area contributed by atoms with Gasteiger partial charge in [-0.3, -0.25) is 9.69 Å². The molecule has 0 spiro atoms. The van der Waals surface area contributed by atoms with E-state index >= 15 is 0 Å². The first-order valence-electron chi connectivity index (χ1n) is 6.49. The number of aliphatic carboxylic acids is 1. The van der Waals surface area contributed by atoms with E-state index in [2.05, 4.69) is 4.90 Å². The monoisotopic (exact) mass is 283 g/mol. The van der Waals surface area contributed by atoms with Crippen molar-refractivity contribution in [3.05, 3.63) is 30.1 Å². The van der Waals surface area contributed by atoms with Gasteiger partial charge in [-0.15, -0.1) is 11.8 Å². The maximum Gasteiger partial charge on any atom is 0.304 e. The summed E-state index contributed by atoms with van der Waals surface area (Å²) in [7, 11) is 0. The number of carboxylic acids is 1. The smallest absolute Gasteiger partial charge is 0.304 e. The Balaban J connectivity index is 1.75. The van der Waals surface area contributed by atoms with E-state index in [1.165, 1.54) is 12.1 Å². The van der Waals surface area contributed by atoms with E-state index in [4.69, 9.17) is 5.11 Å². The number of benzene rings is 1. The van der Waals surface area contributed by atoms with Gasteiger partial charge in [-0.25, -0.2) is 4.39 Å². The topological polar surface area (TPSA) is 40.5 Å². The molecule has 1 atom stereocenters. The van der Waals surface area contributed by atoms with Gasteiger partial charge in [0.15, 0.2) is 0 Å². The van der Waals surface area contributed by atoms with Crippen LogP contribution < -0.4 is 0 Å². The summed E-state index contributed by atoms with van der Waals surface area (Å²) in [5.41, 5.74) is 0. The highest BCUT2D eigenvalue weighted by Crippen LogP contribution is 2.23. The zero-order valence-electron chi connectivity index (χ0n) is 10.7. The van der Waals surface area contributed by atoms with E-state index in [0.29, 0.717) is 0 Å². The molecule has 1 aliphatic rings. The van der Waals surface area contributed by atoms with E-state index in [1.807, 2.05) is 0 Å². The maximum absolute atomic E-state index is 12.8. The van der Waals surface area contributed by atoms with Crippen LogP contribution in [0.15, 0.2) is 29.2 Å². The number of halogens is 1. The standard InChI is InChI=1S/C14H18FNO2S/c15-11-3-5-13(6-4-11)19-9-8-16-7-1-2-12(16)10-14(17)18/h3-6,12H,1-2,7-10H2,(H,17,18). The molecule has 1 aromatic carbocycles. The Morgan fingerprint density at radius 3 is 2.84 bits per heavy atom. The van der Waals surface area contributed by atoms with Crippen LogP contribution in [0.25, 0.3) is 0 Å². The molecule has 1 unspecified atom stereocenters. The van der Waals surface area contributed by atoms with Crippen LogP contribution in [0.4, 0.5) is 4.39 Å². The predicted molar refractivity (Wildman–Crippen MR) is 74.0 cm³/mol. The molecule has 0 aliphatic carbocycles. The number of hydrogen-bond donors (Lipinski definition) is 1. The van der Waals surface area contributed by atoms with E-state index in [-0.39, 0.29) is 18.3 Å². The number of nitrogens with zero attached hydrogens (tertiary/aromatic N) is 1. The zero-order chi connectivity index (χ0) is 13.7. The fraction of sp³-hybridized carbons (Fsp3) is 0.500. The van der Waals surface area contributed by atoms with Crippen molar-refractivity contribution in [2.75, 3.05) is 18.8 Å². The van der Waals surface area contributed by atoms with Crippen molar-refractivity contribution < 1.29 is 14.3 Å². The summed E-state index contributed by atoms with van der Waals surface area (Å²) < 4.78 is 12.8. The third-order valence-corrected chi connectivity index (χ3v) is 4.36. The number of carboxylic acid groups (broad SMARTS) is 1. The molecule has 1 heterocycles. The molecule has 1 fully saturated rings. The first-order chi connectivity index (χ1) is 9.15. The lowest BCUT2D eigenvalue weighted by Gasteiger charge is -2.22. The normalized spacial score (nSPS) is 19.7. The Morgan fingerprint density at radius 2 is 2.16 bits per heavy atom. The molecule has 2 rings (SSSR count). The Labute approximate surface area is 116 Å². The summed E-state index contributed by atoms with van der Waals surface area (Å²) in [5.74, 6) is -0.0321. The lowest BCUT2D eigenvalue weighted by Crippen LogP contribution is -2.33. The molecular formula is C14H18FNO2S.